The largest absolute Gasteiger partial charge is 0.444 e. The average Bonchev–Trinajstić information content (AvgIpc) is 2.74. The second kappa shape index (κ2) is 5.85. The molecule has 0 atom stereocenters. The van der Waals surface area contributed by atoms with Gasteiger partial charge in [0.2, 0.25) is 5.91 Å². The fraction of sp³-hybridized carbons (Fsp3) is 0.400. The van der Waals surface area contributed by atoms with E-state index in [9.17, 15) is 4.79 Å². The van der Waals surface area contributed by atoms with Crippen molar-refractivity contribution in [1.29, 1.82) is 0 Å². The van der Waals surface area contributed by atoms with Crippen molar-refractivity contribution in [2.75, 3.05) is 5.32 Å². The second-order valence-electron chi connectivity index (χ2n) is 5.84. The number of carbonyl (C=O) groups excluding carboxylic acids is 1. The van der Waals surface area contributed by atoms with Gasteiger partial charge in [0.25, 0.3) is 0 Å². The van der Waals surface area contributed by atoms with Crippen molar-refractivity contribution in [2.24, 2.45) is 0 Å². The summed E-state index contributed by atoms with van der Waals surface area (Å²) in [5.41, 5.74) is 1.02. The first-order chi connectivity index (χ1) is 9.77. The molecule has 0 saturated heterocycles. The molecule has 0 spiro atoms. The third-order valence-electron chi connectivity index (χ3n) is 2.89. The van der Waals surface area contributed by atoms with Crippen LogP contribution in [-0.2, 0) is 16.6 Å². The van der Waals surface area contributed by atoms with E-state index in [1.165, 1.54) is 0 Å². The molecule has 0 bridgehead atoms. The zero-order valence-electron chi connectivity index (χ0n) is 12.5. The second-order valence-corrected chi connectivity index (χ2v) is 6.20. The smallest absolute Gasteiger partial charge is 0.232 e. The molecule has 1 N–H and O–H groups in total. The number of pyridine rings is 1. The first-order valence-corrected chi connectivity index (χ1v) is 7.02. The molecule has 0 saturated carbocycles. The highest BCUT2D eigenvalue weighted by atomic mass is 35.5. The number of halogens is 1. The average molecular weight is 308 g/mol. The third-order valence-corrected chi connectivity index (χ3v) is 3.19. The highest BCUT2D eigenvalue weighted by Crippen LogP contribution is 2.24. The summed E-state index contributed by atoms with van der Waals surface area (Å²) in [5.74, 6) is 0.976. The van der Waals surface area contributed by atoms with Gasteiger partial charge < -0.3 is 9.73 Å². The third kappa shape index (κ3) is 3.82. The van der Waals surface area contributed by atoms with Crippen molar-refractivity contribution in [1.82, 2.24) is 9.97 Å². The molecular weight excluding hydrogens is 290 g/mol. The summed E-state index contributed by atoms with van der Waals surface area (Å²) in [7, 11) is 0. The minimum atomic E-state index is -0.218. The van der Waals surface area contributed by atoms with Crippen molar-refractivity contribution in [3.8, 4) is 0 Å². The van der Waals surface area contributed by atoms with Crippen LogP contribution in [0.2, 0.25) is 5.15 Å². The fourth-order valence-corrected chi connectivity index (χ4v) is 1.90. The quantitative estimate of drug-likeness (QED) is 0.881. The van der Waals surface area contributed by atoms with Crippen molar-refractivity contribution in [2.45, 2.75) is 39.5 Å². The van der Waals surface area contributed by atoms with E-state index in [-0.39, 0.29) is 22.9 Å². The maximum atomic E-state index is 12.1. The van der Waals surface area contributed by atoms with Crippen LogP contribution >= 0.6 is 11.6 Å². The van der Waals surface area contributed by atoms with Gasteiger partial charge in [-0.3, -0.25) is 4.79 Å². The number of nitrogens with zero attached hydrogens (tertiary/aromatic N) is 2. The number of nitrogens with one attached hydrogen (secondary N) is 1. The molecule has 21 heavy (non-hydrogen) atoms. The van der Waals surface area contributed by atoms with Crippen molar-refractivity contribution in [3.63, 3.8) is 0 Å². The van der Waals surface area contributed by atoms with Crippen molar-refractivity contribution >= 4 is 23.2 Å². The lowest BCUT2D eigenvalue weighted by molar-refractivity contribution is -0.115. The molecule has 2 aromatic rings. The Morgan fingerprint density at radius 1 is 1.43 bits per heavy atom. The van der Waals surface area contributed by atoms with Crippen LogP contribution in [0.3, 0.4) is 0 Å². The number of oxazole rings is 1. The summed E-state index contributed by atoms with van der Waals surface area (Å²) in [6.45, 7) is 7.87. The van der Waals surface area contributed by atoms with E-state index in [0.717, 1.165) is 5.69 Å². The lowest BCUT2D eigenvalue weighted by Gasteiger charge is -2.12. The predicted molar refractivity (Wildman–Crippen MR) is 81.5 cm³/mol. The molecule has 0 unspecified atom stereocenters. The van der Waals surface area contributed by atoms with Crippen LogP contribution in [0.1, 0.15) is 38.1 Å². The Morgan fingerprint density at radius 3 is 2.71 bits per heavy atom. The maximum absolute atomic E-state index is 12.1. The Hall–Kier alpha value is -1.88. The number of rotatable bonds is 3. The van der Waals surface area contributed by atoms with Gasteiger partial charge in [0.1, 0.15) is 5.76 Å². The van der Waals surface area contributed by atoms with E-state index in [1.807, 2.05) is 27.7 Å². The topological polar surface area (TPSA) is 68.0 Å². The highest BCUT2D eigenvalue weighted by molar-refractivity contribution is 6.32. The van der Waals surface area contributed by atoms with Crippen LogP contribution in [0.4, 0.5) is 5.69 Å². The summed E-state index contributed by atoms with van der Waals surface area (Å²) in [5, 5.41) is 2.97. The van der Waals surface area contributed by atoms with Crippen LogP contribution in [0.15, 0.2) is 22.7 Å². The van der Waals surface area contributed by atoms with Gasteiger partial charge in [0.05, 0.1) is 17.8 Å². The van der Waals surface area contributed by atoms with Gasteiger partial charge in [-0.1, -0.05) is 32.4 Å². The van der Waals surface area contributed by atoms with Gasteiger partial charge in [-0.25, -0.2) is 9.97 Å². The van der Waals surface area contributed by atoms with Gasteiger partial charge in [-0.05, 0) is 19.1 Å². The van der Waals surface area contributed by atoms with Gasteiger partial charge >= 0.3 is 0 Å². The number of hydrogen-bond acceptors (Lipinski definition) is 4. The molecule has 0 aliphatic rings. The fourth-order valence-electron chi connectivity index (χ4n) is 1.73. The van der Waals surface area contributed by atoms with Crippen molar-refractivity contribution < 1.29 is 9.21 Å². The zero-order valence-corrected chi connectivity index (χ0v) is 13.3. The number of amides is 1. The first kappa shape index (κ1) is 15.5. The summed E-state index contributed by atoms with van der Waals surface area (Å²) < 4.78 is 5.70. The van der Waals surface area contributed by atoms with E-state index >= 15 is 0 Å². The van der Waals surface area contributed by atoms with E-state index in [0.29, 0.717) is 17.3 Å². The molecule has 2 rings (SSSR count). The van der Waals surface area contributed by atoms with E-state index < -0.39 is 0 Å². The summed E-state index contributed by atoms with van der Waals surface area (Å²) in [4.78, 5) is 20.3. The molecule has 1 amide bonds. The van der Waals surface area contributed by atoms with Gasteiger partial charge in [-0.2, -0.15) is 0 Å². The van der Waals surface area contributed by atoms with Gasteiger partial charge in [-0.15, -0.1) is 0 Å². The minimum Gasteiger partial charge on any atom is -0.444 e. The lowest BCUT2D eigenvalue weighted by atomic mass is 9.97. The van der Waals surface area contributed by atoms with Crippen LogP contribution in [0.5, 0.6) is 0 Å². The molecular formula is C15H18ClN3O2. The normalized spacial score (nSPS) is 11.5. The molecule has 0 aliphatic carbocycles. The Labute approximate surface area is 128 Å². The van der Waals surface area contributed by atoms with E-state index in [2.05, 4.69) is 15.3 Å². The Kier molecular flexibility index (Phi) is 4.32. The lowest BCUT2D eigenvalue weighted by Crippen LogP contribution is -2.15. The maximum Gasteiger partial charge on any atom is 0.232 e. The molecule has 2 heterocycles. The molecule has 0 radical (unpaired) electrons. The number of hydrogen-bond donors (Lipinski definition) is 1. The molecule has 0 aromatic carbocycles. The molecule has 112 valence electrons. The summed E-state index contributed by atoms with van der Waals surface area (Å²) >= 11 is 5.90. The highest BCUT2D eigenvalue weighted by Gasteiger charge is 2.23. The molecule has 0 fully saturated rings. The number of aromatic nitrogens is 2. The van der Waals surface area contributed by atoms with Crippen LogP contribution in [0.25, 0.3) is 0 Å². The number of anilines is 1. The summed E-state index contributed by atoms with van der Waals surface area (Å²) in [6.07, 6.45) is 1.67. The number of aryl methyl sites for hydroxylation is 1. The van der Waals surface area contributed by atoms with Crippen molar-refractivity contribution in [3.05, 3.63) is 40.8 Å². The monoisotopic (exact) mass is 307 g/mol. The summed E-state index contributed by atoms with van der Waals surface area (Å²) in [6, 6.07) is 3.40. The number of carbonyl (C=O) groups is 1. The SMILES string of the molecule is Cc1nc(C(C)(C)C)oc1CC(=O)Nc1cccnc1Cl. The zero-order chi connectivity index (χ0) is 15.6. The van der Waals surface area contributed by atoms with Gasteiger partial charge in [0.15, 0.2) is 11.0 Å². The van der Waals surface area contributed by atoms with E-state index in [1.54, 1.807) is 18.3 Å². The molecule has 2 aromatic heterocycles. The Bertz CT molecular complexity index is 659. The molecule has 5 nitrogen and oxygen atoms in total. The predicted octanol–water partition coefficient (Wildman–Crippen LogP) is 3.51. The van der Waals surface area contributed by atoms with Crippen LogP contribution < -0.4 is 5.32 Å². The van der Waals surface area contributed by atoms with Crippen LogP contribution in [-0.4, -0.2) is 15.9 Å². The molecule has 0 aliphatic heterocycles. The molecule has 6 heteroatoms. The van der Waals surface area contributed by atoms with Crippen LogP contribution in [0, 0.1) is 6.92 Å². The Morgan fingerprint density at radius 2 is 2.14 bits per heavy atom. The minimum absolute atomic E-state index is 0.111. The standard InChI is InChI=1S/C15H18ClN3O2/c1-9-11(21-14(18-9)15(2,3)4)8-12(20)19-10-6-5-7-17-13(10)16/h5-7H,8H2,1-4H3,(H,19,20). The van der Waals surface area contributed by atoms with Gasteiger partial charge in [0, 0.05) is 11.6 Å². The van der Waals surface area contributed by atoms with E-state index in [4.69, 9.17) is 16.0 Å². The Balaban J connectivity index is 2.10. The first-order valence-electron chi connectivity index (χ1n) is 6.64.